The molecule has 2 aromatic heterocycles. The number of nitrogens with two attached hydrogens (primary N) is 2. The normalized spacial score (nSPS) is 13.9. The number of amides is 4. The molecule has 0 aliphatic carbocycles. The Bertz CT molecular complexity index is 1120. The lowest BCUT2D eigenvalue weighted by Gasteiger charge is -2.24. The van der Waals surface area contributed by atoms with Gasteiger partial charge < -0.3 is 47.6 Å². The van der Waals surface area contributed by atoms with Crippen molar-refractivity contribution in [3.8, 4) is 0 Å². The number of imidazole rings is 2. The minimum atomic E-state index is -1.62. The molecule has 0 aromatic carbocycles. The average molecular weight is 536 g/mol. The molecule has 4 atom stereocenters. The lowest BCUT2D eigenvalue weighted by atomic mass is 10.1. The van der Waals surface area contributed by atoms with Crippen LogP contribution in [0.5, 0.6) is 0 Å². The Morgan fingerprint density at radius 2 is 1.34 bits per heavy atom. The summed E-state index contributed by atoms with van der Waals surface area (Å²) in [6, 6.07) is -5.64. The van der Waals surface area contributed by atoms with E-state index in [1.807, 2.05) is 0 Å². The number of aromatic nitrogens is 4. The van der Waals surface area contributed by atoms with Gasteiger partial charge in [0.15, 0.2) is 0 Å². The van der Waals surface area contributed by atoms with Crippen molar-refractivity contribution >= 4 is 35.6 Å². The standard InChI is InChI=1S/C21H29N9O8/c22-12(3-10-6-24-8-26-10)18(34)28-13(1-2-17(32)33)19(35)29-14(5-16(23)31)20(36)30-15(21(37)38)4-11-7-25-9-27-11/h6-9,12-15H,1-5,22H2,(H2,23,31)(H,24,26)(H,25,27)(H,28,34)(H,29,35)(H,30,36)(H,32,33)(H,37,38). The van der Waals surface area contributed by atoms with E-state index in [9.17, 15) is 33.9 Å². The van der Waals surface area contributed by atoms with Gasteiger partial charge in [-0.05, 0) is 6.42 Å². The Labute approximate surface area is 215 Å². The van der Waals surface area contributed by atoms with Gasteiger partial charge in [0.05, 0.1) is 25.1 Å². The van der Waals surface area contributed by atoms with Crippen LogP contribution in [0.2, 0.25) is 0 Å². The first-order valence-corrected chi connectivity index (χ1v) is 11.3. The predicted octanol–water partition coefficient (Wildman–Crippen LogP) is -3.48. The Kier molecular flexibility index (Phi) is 10.9. The lowest BCUT2D eigenvalue weighted by molar-refractivity contribution is -0.142. The lowest BCUT2D eigenvalue weighted by Crippen LogP contribution is -2.58. The molecule has 4 unspecified atom stereocenters. The Balaban J connectivity index is 2.13. The minimum absolute atomic E-state index is 0.0404. The molecule has 2 rings (SSSR count). The smallest absolute Gasteiger partial charge is 0.326 e. The number of hydrogen-bond donors (Lipinski definition) is 9. The van der Waals surface area contributed by atoms with Crippen molar-refractivity contribution in [2.24, 2.45) is 11.5 Å². The fourth-order valence-electron chi connectivity index (χ4n) is 3.31. The van der Waals surface area contributed by atoms with Crippen molar-refractivity contribution in [1.82, 2.24) is 35.9 Å². The molecule has 206 valence electrons. The second-order valence-electron chi connectivity index (χ2n) is 8.29. The van der Waals surface area contributed by atoms with Crippen LogP contribution in [0.15, 0.2) is 25.0 Å². The van der Waals surface area contributed by atoms with E-state index >= 15 is 0 Å². The van der Waals surface area contributed by atoms with Gasteiger partial charge in [0.2, 0.25) is 23.6 Å². The first-order valence-electron chi connectivity index (χ1n) is 11.3. The maximum atomic E-state index is 13.0. The Morgan fingerprint density at radius 1 is 0.816 bits per heavy atom. The van der Waals surface area contributed by atoms with E-state index in [4.69, 9.17) is 16.6 Å². The number of carbonyl (C=O) groups excluding carboxylic acids is 4. The van der Waals surface area contributed by atoms with E-state index < -0.39 is 72.6 Å². The van der Waals surface area contributed by atoms with Gasteiger partial charge >= 0.3 is 11.9 Å². The van der Waals surface area contributed by atoms with Crippen LogP contribution in [0, 0.1) is 0 Å². The number of nitrogens with zero attached hydrogens (tertiary/aromatic N) is 2. The van der Waals surface area contributed by atoms with Gasteiger partial charge in [0.25, 0.3) is 0 Å². The predicted molar refractivity (Wildman–Crippen MR) is 127 cm³/mol. The second kappa shape index (κ2) is 14.1. The van der Waals surface area contributed by atoms with Gasteiger partial charge in [-0.2, -0.15) is 0 Å². The van der Waals surface area contributed by atoms with Gasteiger partial charge in [0.1, 0.15) is 18.1 Å². The van der Waals surface area contributed by atoms with E-state index in [0.717, 1.165) is 0 Å². The summed E-state index contributed by atoms with van der Waals surface area (Å²) in [6.45, 7) is 0. The highest BCUT2D eigenvalue weighted by Gasteiger charge is 2.31. The van der Waals surface area contributed by atoms with Gasteiger partial charge in [-0.1, -0.05) is 0 Å². The molecule has 0 aliphatic heterocycles. The van der Waals surface area contributed by atoms with Crippen molar-refractivity contribution in [1.29, 1.82) is 0 Å². The third-order valence-electron chi connectivity index (χ3n) is 5.24. The van der Waals surface area contributed by atoms with Crippen LogP contribution in [0.4, 0.5) is 0 Å². The molecule has 0 saturated heterocycles. The molecular formula is C21H29N9O8. The fourth-order valence-corrected chi connectivity index (χ4v) is 3.31. The molecule has 0 radical (unpaired) electrons. The molecular weight excluding hydrogens is 506 g/mol. The van der Waals surface area contributed by atoms with E-state index in [2.05, 4.69) is 35.9 Å². The summed E-state index contributed by atoms with van der Waals surface area (Å²) in [7, 11) is 0. The van der Waals surface area contributed by atoms with Crippen LogP contribution in [-0.4, -0.2) is 89.9 Å². The number of aliphatic carboxylic acids is 2. The third-order valence-corrected chi connectivity index (χ3v) is 5.24. The number of hydrogen-bond acceptors (Lipinski definition) is 9. The van der Waals surface area contributed by atoms with Gasteiger partial charge in [0, 0.05) is 43.0 Å². The van der Waals surface area contributed by atoms with E-state index in [0.29, 0.717) is 11.4 Å². The highest BCUT2D eigenvalue weighted by Crippen LogP contribution is 2.05. The number of nitrogens with one attached hydrogen (secondary N) is 5. The minimum Gasteiger partial charge on any atom is -0.481 e. The van der Waals surface area contributed by atoms with Crippen molar-refractivity contribution < 1.29 is 39.0 Å². The van der Waals surface area contributed by atoms with E-state index in [1.165, 1.54) is 25.0 Å². The number of carboxylic acid groups (broad SMARTS) is 2. The van der Waals surface area contributed by atoms with Crippen LogP contribution < -0.4 is 27.4 Å². The summed E-state index contributed by atoms with van der Waals surface area (Å²) < 4.78 is 0. The quantitative estimate of drug-likeness (QED) is 0.102. The number of primary amides is 1. The van der Waals surface area contributed by atoms with Crippen molar-refractivity contribution in [3.63, 3.8) is 0 Å². The molecule has 2 heterocycles. The zero-order chi connectivity index (χ0) is 28.2. The summed E-state index contributed by atoms with van der Waals surface area (Å²) in [4.78, 5) is 85.7. The molecule has 17 heteroatoms. The van der Waals surface area contributed by atoms with Crippen LogP contribution in [0.1, 0.15) is 30.7 Å². The first kappa shape index (κ1) is 29.4. The molecule has 38 heavy (non-hydrogen) atoms. The number of carboxylic acids is 2. The van der Waals surface area contributed by atoms with Crippen LogP contribution in [-0.2, 0) is 41.6 Å². The SMILES string of the molecule is NC(=O)CC(NC(=O)C(CCC(=O)O)NC(=O)C(N)Cc1cnc[nH]1)C(=O)NC(Cc1cnc[nH]1)C(=O)O. The zero-order valence-corrected chi connectivity index (χ0v) is 20.0. The molecule has 0 fully saturated rings. The maximum absolute atomic E-state index is 13.0. The topological polar surface area (TPSA) is 288 Å². The summed E-state index contributed by atoms with van der Waals surface area (Å²) in [5.41, 5.74) is 12.0. The van der Waals surface area contributed by atoms with Crippen LogP contribution >= 0.6 is 0 Å². The van der Waals surface area contributed by atoms with Crippen molar-refractivity contribution in [2.75, 3.05) is 0 Å². The monoisotopic (exact) mass is 535 g/mol. The Morgan fingerprint density at radius 3 is 1.84 bits per heavy atom. The molecule has 4 amide bonds. The number of rotatable bonds is 16. The first-order chi connectivity index (χ1) is 18.0. The fraction of sp³-hybridized carbons (Fsp3) is 0.429. The Hall–Kier alpha value is -4.80. The molecule has 11 N–H and O–H groups in total. The highest BCUT2D eigenvalue weighted by molar-refractivity contribution is 5.96. The van der Waals surface area contributed by atoms with Crippen LogP contribution in [0.25, 0.3) is 0 Å². The summed E-state index contributed by atoms with van der Waals surface area (Å²) in [5.74, 6) is -6.47. The van der Waals surface area contributed by atoms with Gasteiger partial charge in [-0.15, -0.1) is 0 Å². The number of aromatic amines is 2. The maximum Gasteiger partial charge on any atom is 0.326 e. The summed E-state index contributed by atoms with van der Waals surface area (Å²) in [5, 5.41) is 25.3. The molecule has 0 saturated carbocycles. The molecule has 17 nitrogen and oxygen atoms in total. The number of carbonyl (C=O) groups is 6. The summed E-state index contributed by atoms with van der Waals surface area (Å²) >= 11 is 0. The van der Waals surface area contributed by atoms with E-state index in [-0.39, 0.29) is 19.3 Å². The molecule has 0 spiro atoms. The zero-order valence-electron chi connectivity index (χ0n) is 20.0. The van der Waals surface area contributed by atoms with Gasteiger partial charge in [-0.3, -0.25) is 24.0 Å². The molecule has 0 bridgehead atoms. The van der Waals surface area contributed by atoms with Crippen LogP contribution in [0.3, 0.4) is 0 Å². The van der Waals surface area contributed by atoms with Gasteiger partial charge in [-0.25, -0.2) is 14.8 Å². The molecule has 0 aliphatic rings. The average Bonchev–Trinajstić information content (AvgIpc) is 3.54. The second-order valence-corrected chi connectivity index (χ2v) is 8.29. The highest BCUT2D eigenvalue weighted by atomic mass is 16.4. The summed E-state index contributed by atoms with van der Waals surface area (Å²) in [6.07, 6.45) is 3.78. The third kappa shape index (κ3) is 9.69. The van der Waals surface area contributed by atoms with Crippen molar-refractivity contribution in [2.45, 2.75) is 56.3 Å². The van der Waals surface area contributed by atoms with E-state index in [1.54, 1.807) is 0 Å². The van der Waals surface area contributed by atoms with Crippen molar-refractivity contribution in [3.05, 3.63) is 36.4 Å². The largest absolute Gasteiger partial charge is 0.481 e. The number of H-pyrrole nitrogens is 2. The molecule has 2 aromatic rings.